The van der Waals surface area contributed by atoms with Crippen LogP contribution in [0.3, 0.4) is 0 Å². The van der Waals surface area contributed by atoms with E-state index in [4.69, 9.17) is 4.74 Å². The zero-order valence-corrected chi connectivity index (χ0v) is 8.10. The molecule has 0 bridgehead atoms. The average Bonchev–Trinajstić information content (AvgIpc) is 2.89. The van der Waals surface area contributed by atoms with Gasteiger partial charge in [0.2, 0.25) is 0 Å². The molecular weight excluding hydrogens is 189 g/mol. The van der Waals surface area contributed by atoms with Crippen molar-refractivity contribution in [2.75, 3.05) is 6.26 Å². The van der Waals surface area contributed by atoms with Crippen LogP contribution in [0.1, 0.15) is 12.8 Å². The molecule has 0 N–H and O–H groups in total. The van der Waals surface area contributed by atoms with Gasteiger partial charge in [0.1, 0.15) is 10.8 Å². The highest BCUT2D eigenvalue weighted by atomic mass is 32.2. The molecule has 0 aliphatic heterocycles. The van der Waals surface area contributed by atoms with Crippen molar-refractivity contribution in [3.05, 3.63) is 18.1 Å². The monoisotopic (exact) mass is 199 g/mol. The van der Waals surface area contributed by atoms with Gasteiger partial charge in [-0.15, -0.1) is 11.8 Å². The third kappa shape index (κ3) is 2.12. The Morgan fingerprint density at radius 3 is 2.92 bits per heavy atom. The summed E-state index contributed by atoms with van der Waals surface area (Å²) in [4.78, 5) is 3.94. The maximum Gasteiger partial charge on any atom is 0.159 e. The predicted molar refractivity (Wildman–Crippen MR) is 49.6 cm³/mol. The van der Waals surface area contributed by atoms with Crippen molar-refractivity contribution in [3.63, 3.8) is 0 Å². The summed E-state index contributed by atoms with van der Waals surface area (Å²) >= 11 is 1.30. The Morgan fingerprint density at radius 2 is 2.38 bits per heavy atom. The molecular formula is C9H10FNOS. The highest BCUT2D eigenvalue weighted by Crippen LogP contribution is 2.28. The van der Waals surface area contributed by atoms with Crippen LogP contribution in [-0.2, 0) is 0 Å². The summed E-state index contributed by atoms with van der Waals surface area (Å²) in [6.07, 6.45) is 5.82. The largest absolute Gasteiger partial charge is 0.489 e. The van der Waals surface area contributed by atoms with Gasteiger partial charge in [-0.25, -0.2) is 9.37 Å². The third-order valence-corrected chi connectivity index (χ3v) is 2.49. The standard InChI is InChI=1S/C9H10FNOS/c1-13-9-8(10)4-7(5-11-9)12-6-2-3-6/h4-6H,2-3H2,1H3. The molecule has 1 saturated carbocycles. The molecule has 1 aliphatic rings. The van der Waals surface area contributed by atoms with Crippen LogP contribution in [0, 0.1) is 5.82 Å². The Bertz CT molecular complexity index is 314. The van der Waals surface area contributed by atoms with Crippen LogP contribution < -0.4 is 4.74 Å². The smallest absolute Gasteiger partial charge is 0.159 e. The van der Waals surface area contributed by atoms with Gasteiger partial charge < -0.3 is 4.74 Å². The SMILES string of the molecule is CSc1ncc(OC2CC2)cc1F. The fourth-order valence-corrected chi connectivity index (χ4v) is 1.41. The summed E-state index contributed by atoms with van der Waals surface area (Å²) in [5, 5.41) is 0.420. The topological polar surface area (TPSA) is 22.1 Å². The number of thioether (sulfide) groups is 1. The van der Waals surface area contributed by atoms with E-state index in [0.717, 1.165) is 12.8 Å². The first-order valence-corrected chi connectivity index (χ1v) is 5.38. The molecule has 0 atom stereocenters. The second kappa shape index (κ2) is 3.54. The Labute approximate surface area is 80.5 Å². The normalized spacial score (nSPS) is 15.8. The van der Waals surface area contributed by atoms with Crippen molar-refractivity contribution in [3.8, 4) is 5.75 Å². The average molecular weight is 199 g/mol. The second-order valence-electron chi connectivity index (χ2n) is 2.98. The van der Waals surface area contributed by atoms with Crippen LogP contribution in [0.2, 0.25) is 0 Å². The Morgan fingerprint density at radius 1 is 1.62 bits per heavy atom. The van der Waals surface area contributed by atoms with Crippen LogP contribution in [0.5, 0.6) is 5.75 Å². The van der Waals surface area contributed by atoms with E-state index in [1.807, 2.05) is 0 Å². The molecule has 13 heavy (non-hydrogen) atoms. The Balaban J connectivity index is 2.13. The van der Waals surface area contributed by atoms with Gasteiger partial charge in [0, 0.05) is 6.07 Å². The van der Waals surface area contributed by atoms with Crippen LogP contribution in [0.4, 0.5) is 4.39 Å². The molecule has 1 heterocycles. The number of aromatic nitrogens is 1. The summed E-state index contributed by atoms with van der Waals surface area (Å²) in [7, 11) is 0. The maximum absolute atomic E-state index is 13.2. The summed E-state index contributed by atoms with van der Waals surface area (Å²) in [5.74, 6) is 0.239. The number of hydrogen-bond acceptors (Lipinski definition) is 3. The van der Waals surface area contributed by atoms with Crippen molar-refractivity contribution in [2.45, 2.75) is 24.0 Å². The number of pyridine rings is 1. The molecule has 0 radical (unpaired) electrons. The third-order valence-electron chi connectivity index (χ3n) is 1.80. The quantitative estimate of drug-likeness (QED) is 0.698. The van der Waals surface area contributed by atoms with Gasteiger partial charge in [-0.3, -0.25) is 0 Å². The first kappa shape index (κ1) is 8.81. The zero-order valence-electron chi connectivity index (χ0n) is 7.29. The number of rotatable bonds is 3. The lowest BCUT2D eigenvalue weighted by Crippen LogP contribution is -1.97. The molecule has 0 spiro atoms. The van der Waals surface area contributed by atoms with Crippen LogP contribution in [-0.4, -0.2) is 17.3 Å². The van der Waals surface area contributed by atoms with Crippen molar-refractivity contribution < 1.29 is 9.13 Å². The molecule has 1 aromatic rings. The summed E-state index contributed by atoms with van der Waals surface area (Å²) in [5.41, 5.74) is 0. The molecule has 1 aromatic heterocycles. The minimum Gasteiger partial charge on any atom is -0.489 e. The van der Waals surface area contributed by atoms with E-state index in [1.54, 1.807) is 12.5 Å². The van der Waals surface area contributed by atoms with E-state index in [0.29, 0.717) is 16.9 Å². The molecule has 0 amide bonds. The second-order valence-corrected chi connectivity index (χ2v) is 3.77. The first-order valence-electron chi connectivity index (χ1n) is 4.16. The highest BCUT2D eigenvalue weighted by Gasteiger charge is 2.23. The summed E-state index contributed by atoms with van der Waals surface area (Å²) in [6.45, 7) is 0. The van der Waals surface area contributed by atoms with Crippen molar-refractivity contribution in [1.29, 1.82) is 0 Å². The minimum atomic E-state index is -0.300. The molecule has 0 saturated heterocycles. The van der Waals surface area contributed by atoms with Gasteiger partial charge in [-0.05, 0) is 19.1 Å². The lowest BCUT2D eigenvalue weighted by atomic mass is 10.4. The van der Waals surface area contributed by atoms with E-state index >= 15 is 0 Å². The van der Waals surface area contributed by atoms with Crippen molar-refractivity contribution >= 4 is 11.8 Å². The molecule has 1 fully saturated rings. The molecule has 2 rings (SSSR count). The number of nitrogens with zero attached hydrogens (tertiary/aromatic N) is 1. The number of ether oxygens (including phenoxy) is 1. The number of hydrogen-bond donors (Lipinski definition) is 0. The van der Waals surface area contributed by atoms with Crippen LogP contribution in [0.25, 0.3) is 0 Å². The minimum absolute atomic E-state index is 0.293. The van der Waals surface area contributed by atoms with E-state index in [9.17, 15) is 4.39 Å². The molecule has 70 valence electrons. The van der Waals surface area contributed by atoms with E-state index < -0.39 is 0 Å². The van der Waals surface area contributed by atoms with Gasteiger partial charge in [0.15, 0.2) is 5.82 Å². The molecule has 0 aromatic carbocycles. The first-order chi connectivity index (χ1) is 6.29. The molecule has 4 heteroatoms. The fraction of sp³-hybridized carbons (Fsp3) is 0.444. The van der Waals surface area contributed by atoms with Gasteiger partial charge in [-0.2, -0.15) is 0 Å². The number of halogens is 1. The van der Waals surface area contributed by atoms with Crippen LogP contribution >= 0.6 is 11.8 Å². The van der Waals surface area contributed by atoms with E-state index in [-0.39, 0.29) is 5.82 Å². The Kier molecular flexibility index (Phi) is 2.40. The molecule has 2 nitrogen and oxygen atoms in total. The van der Waals surface area contributed by atoms with Gasteiger partial charge in [0.25, 0.3) is 0 Å². The van der Waals surface area contributed by atoms with Crippen molar-refractivity contribution in [1.82, 2.24) is 4.98 Å². The molecule has 0 unspecified atom stereocenters. The lowest BCUT2D eigenvalue weighted by Gasteiger charge is -2.04. The lowest BCUT2D eigenvalue weighted by molar-refractivity contribution is 0.299. The van der Waals surface area contributed by atoms with Crippen molar-refractivity contribution in [2.24, 2.45) is 0 Å². The Hall–Kier alpha value is -0.770. The fourth-order valence-electron chi connectivity index (χ4n) is 1.00. The highest BCUT2D eigenvalue weighted by molar-refractivity contribution is 7.98. The van der Waals surface area contributed by atoms with Gasteiger partial charge in [-0.1, -0.05) is 0 Å². The summed E-state index contributed by atoms with van der Waals surface area (Å²) in [6, 6.07) is 1.40. The zero-order chi connectivity index (χ0) is 9.26. The maximum atomic E-state index is 13.2. The predicted octanol–water partition coefficient (Wildman–Crippen LogP) is 2.48. The molecule has 1 aliphatic carbocycles. The van der Waals surface area contributed by atoms with Gasteiger partial charge in [0.05, 0.1) is 12.3 Å². The van der Waals surface area contributed by atoms with E-state index in [2.05, 4.69) is 4.98 Å². The van der Waals surface area contributed by atoms with E-state index in [1.165, 1.54) is 17.8 Å². The van der Waals surface area contributed by atoms with Gasteiger partial charge >= 0.3 is 0 Å². The summed E-state index contributed by atoms with van der Waals surface area (Å²) < 4.78 is 18.6. The van der Waals surface area contributed by atoms with Crippen LogP contribution in [0.15, 0.2) is 17.3 Å².